The molecule has 3 heteroatoms. The molecule has 0 atom stereocenters. The van der Waals surface area contributed by atoms with Gasteiger partial charge in [0.1, 0.15) is 0 Å². The van der Waals surface area contributed by atoms with E-state index < -0.39 is 0 Å². The molecule has 90 valence electrons. The highest BCUT2D eigenvalue weighted by Gasteiger charge is 2.14. The van der Waals surface area contributed by atoms with Gasteiger partial charge in [0.05, 0.1) is 5.70 Å². The van der Waals surface area contributed by atoms with Crippen molar-refractivity contribution in [1.29, 1.82) is 0 Å². The molecule has 0 heterocycles. The van der Waals surface area contributed by atoms with E-state index in [4.69, 9.17) is 0 Å². The number of carbonyl (C=O) groups is 2. The molecule has 1 aromatic carbocycles. The highest BCUT2D eigenvalue weighted by atomic mass is 16.2. The van der Waals surface area contributed by atoms with E-state index in [2.05, 4.69) is 5.32 Å². The molecule has 1 aromatic rings. The molecule has 0 aliphatic carbocycles. The van der Waals surface area contributed by atoms with Gasteiger partial charge in [-0.3, -0.25) is 9.59 Å². The van der Waals surface area contributed by atoms with E-state index in [9.17, 15) is 9.59 Å². The zero-order valence-electron chi connectivity index (χ0n) is 10.4. The molecule has 0 aliphatic heterocycles. The number of rotatable bonds is 4. The van der Waals surface area contributed by atoms with Crippen LogP contribution in [0.5, 0.6) is 0 Å². The van der Waals surface area contributed by atoms with Crippen LogP contribution in [-0.2, 0) is 9.59 Å². The van der Waals surface area contributed by atoms with Crippen LogP contribution in [0.1, 0.15) is 26.3 Å². The average molecular weight is 231 g/mol. The molecule has 0 radical (unpaired) electrons. The Hall–Kier alpha value is -1.90. The first-order chi connectivity index (χ1) is 8.00. The standard InChI is InChI=1S/C14H17NO2/c1-10(2)14(17)13(15-11(3)16)9-12-7-5-4-6-8-12/h4-10H,1-3H3,(H,15,16)/b13-9-. The van der Waals surface area contributed by atoms with Crippen LogP contribution >= 0.6 is 0 Å². The highest BCUT2D eigenvalue weighted by molar-refractivity contribution is 6.03. The lowest BCUT2D eigenvalue weighted by Gasteiger charge is -2.09. The number of hydrogen-bond donors (Lipinski definition) is 1. The summed E-state index contributed by atoms with van der Waals surface area (Å²) >= 11 is 0. The fraction of sp³-hybridized carbons (Fsp3) is 0.286. The van der Waals surface area contributed by atoms with Gasteiger partial charge in [-0.25, -0.2) is 0 Å². The van der Waals surface area contributed by atoms with Crippen molar-refractivity contribution in [3.05, 3.63) is 41.6 Å². The third-order valence-electron chi connectivity index (χ3n) is 2.21. The molecular weight excluding hydrogens is 214 g/mol. The lowest BCUT2D eigenvalue weighted by atomic mass is 10.0. The number of allylic oxidation sites excluding steroid dienone is 1. The molecule has 0 aromatic heterocycles. The smallest absolute Gasteiger partial charge is 0.221 e. The summed E-state index contributed by atoms with van der Waals surface area (Å²) in [5.41, 5.74) is 1.24. The molecule has 1 amide bonds. The summed E-state index contributed by atoms with van der Waals surface area (Å²) in [7, 11) is 0. The van der Waals surface area contributed by atoms with Crippen molar-refractivity contribution < 1.29 is 9.59 Å². The van der Waals surface area contributed by atoms with Gasteiger partial charge < -0.3 is 5.32 Å². The van der Waals surface area contributed by atoms with E-state index in [1.807, 2.05) is 44.2 Å². The van der Waals surface area contributed by atoms with Gasteiger partial charge in [0.25, 0.3) is 0 Å². The van der Waals surface area contributed by atoms with Gasteiger partial charge in [-0.15, -0.1) is 0 Å². The van der Waals surface area contributed by atoms with Crippen LogP contribution in [0.15, 0.2) is 36.0 Å². The number of carbonyl (C=O) groups excluding carboxylic acids is 2. The molecule has 0 fully saturated rings. The minimum absolute atomic E-state index is 0.0657. The van der Waals surface area contributed by atoms with Gasteiger partial charge in [-0.2, -0.15) is 0 Å². The highest BCUT2D eigenvalue weighted by Crippen LogP contribution is 2.09. The maximum absolute atomic E-state index is 11.9. The van der Waals surface area contributed by atoms with Gasteiger partial charge in [0.15, 0.2) is 5.78 Å². The number of hydrogen-bond acceptors (Lipinski definition) is 2. The number of Topliss-reactive ketones (excluding diaryl/α,β-unsaturated/α-hetero) is 1. The molecule has 17 heavy (non-hydrogen) atoms. The zero-order chi connectivity index (χ0) is 12.8. The molecular formula is C14H17NO2. The van der Waals surface area contributed by atoms with Crippen LogP contribution in [0.25, 0.3) is 6.08 Å². The third-order valence-corrected chi connectivity index (χ3v) is 2.21. The van der Waals surface area contributed by atoms with Crippen LogP contribution < -0.4 is 5.32 Å². The third kappa shape index (κ3) is 4.23. The monoisotopic (exact) mass is 231 g/mol. The summed E-state index contributed by atoms with van der Waals surface area (Å²) in [6, 6.07) is 9.44. The van der Waals surface area contributed by atoms with Crippen LogP contribution in [0.2, 0.25) is 0 Å². The number of ketones is 1. The van der Waals surface area contributed by atoms with Gasteiger partial charge in [0.2, 0.25) is 5.91 Å². The quantitative estimate of drug-likeness (QED) is 0.809. The Labute approximate surface area is 102 Å². The Morgan fingerprint density at radius 1 is 1.18 bits per heavy atom. The molecule has 3 nitrogen and oxygen atoms in total. The molecule has 0 spiro atoms. The molecule has 0 bridgehead atoms. The van der Waals surface area contributed by atoms with Crippen molar-refractivity contribution in [1.82, 2.24) is 5.32 Å². The average Bonchev–Trinajstić information content (AvgIpc) is 2.28. The first-order valence-electron chi connectivity index (χ1n) is 5.59. The Morgan fingerprint density at radius 3 is 2.24 bits per heavy atom. The summed E-state index contributed by atoms with van der Waals surface area (Å²) in [4.78, 5) is 23.0. The van der Waals surface area contributed by atoms with Gasteiger partial charge in [0, 0.05) is 12.8 Å². The fourth-order valence-electron chi connectivity index (χ4n) is 1.39. The molecule has 0 aliphatic rings. The molecule has 1 rings (SSSR count). The van der Waals surface area contributed by atoms with Gasteiger partial charge in [-0.05, 0) is 11.6 Å². The van der Waals surface area contributed by atoms with E-state index in [1.165, 1.54) is 6.92 Å². The minimum Gasteiger partial charge on any atom is -0.323 e. The molecule has 1 N–H and O–H groups in total. The normalized spacial score (nSPS) is 11.4. The Morgan fingerprint density at radius 2 is 1.76 bits per heavy atom. The topological polar surface area (TPSA) is 46.2 Å². The number of nitrogens with one attached hydrogen (secondary N) is 1. The van der Waals surface area contributed by atoms with Crippen molar-refractivity contribution >= 4 is 17.8 Å². The second kappa shape index (κ2) is 5.99. The fourth-order valence-corrected chi connectivity index (χ4v) is 1.39. The lowest BCUT2D eigenvalue weighted by molar-refractivity contribution is -0.122. The largest absolute Gasteiger partial charge is 0.323 e. The Balaban J connectivity index is 3.02. The van der Waals surface area contributed by atoms with Crippen molar-refractivity contribution in [3.8, 4) is 0 Å². The second-order valence-corrected chi connectivity index (χ2v) is 4.17. The number of amides is 1. The van der Waals surface area contributed by atoms with E-state index in [-0.39, 0.29) is 17.6 Å². The second-order valence-electron chi connectivity index (χ2n) is 4.17. The summed E-state index contributed by atoms with van der Waals surface area (Å²) in [5.74, 6) is -0.443. The van der Waals surface area contributed by atoms with E-state index in [0.717, 1.165) is 5.56 Å². The van der Waals surface area contributed by atoms with Crippen molar-refractivity contribution in [2.24, 2.45) is 5.92 Å². The molecule has 0 saturated carbocycles. The van der Waals surface area contributed by atoms with Crippen LogP contribution in [0, 0.1) is 5.92 Å². The van der Waals surface area contributed by atoms with Crippen LogP contribution in [0.3, 0.4) is 0 Å². The first kappa shape index (κ1) is 13.2. The molecule has 0 unspecified atom stereocenters. The summed E-state index contributed by atoms with van der Waals surface area (Å²) in [5, 5.41) is 2.58. The molecule has 0 saturated heterocycles. The van der Waals surface area contributed by atoms with Crippen LogP contribution in [0.4, 0.5) is 0 Å². The van der Waals surface area contributed by atoms with Crippen molar-refractivity contribution in [2.45, 2.75) is 20.8 Å². The van der Waals surface area contributed by atoms with E-state index in [1.54, 1.807) is 6.08 Å². The number of benzene rings is 1. The predicted octanol–water partition coefficient (Wildman–Crippen LogP) is 2.39. The predicted molar refractivity (Wildman–Crippen MR) is 68.1 cm³/mol. The Kier molecular flexibility index (Phi) is 4.64. The zero-order valence-corrected chi connectivity index (χ0v) is 10.4. The first-order valence-corrected chi connectivity index (χ1v) is 5.59. The van der Waals surface area contributed by atoms with Gasteiger partial charge in [-0.1, -0.05) is 44.2 Å². The lowest BCUT2D eigenvalue weighted by Crippen LogP contribution is -2.27. The van der Waals surface area contributed by atoms with Crippen molar-refractivity contribution in [2.75, 3.05) is 0 Å². The summed E-state index contributed by atoms with van der Waals surface area (Å²) in [6.45, 7) is 5.01. The summed E-state index contributed by atoms with van der Waals surface area (Å²) in [6.07, 6.45) is 1.70. The van der Waals surface area contributed by atoms with E-state index in [0.29, 0.717) is 5.70 Å². The Bertz CT molecular complexity index is 433. The van der Waals surface area contributed by atoms with Gasteiger partial charge >= 0.3 is 0 Å². The SMILES string of the molecule is CC(=O)N/C(=C\c1ccccc1)C(=O)C(C)C. The van der Waals surface area contributed by atoms with Crippen molar-refractivity contribution in [3.63, 3.8) is 0 Å². The maximum Gasteiger partial charge on any atom is 0.221 e. The summed E-state index contributed by atoms with van der Waals surface area (Å²) < 4.78 is 0. The van der Waals surface area contributed by atoms with E-state index >= 15 is 0 Å². The van der Waals surface area contributed by atoms with Crippen LogP contribution in [-0.4, -0.2) is 11.7 Å². The maximum atomic E-state index is 11.9. The minimum atomic E-state index is -0.235.